The van der Waals surface area contributed by atoms with E-state index in [-0.39, 0.29) is 11.5 Å². The van der Waals surface area contributed by atoms with Gasteiger partial charge in [0.05, 0.1) is 17.2 Å². The number of H-pyrrole nitrogens is 1. The molecule has 2 N–H and O–H groups in total. The second-order valence-electron chi connectivity index (χ2n) is 6.17. The zero-order chi connectivity index (χ0) is 19.0. The molecular formula is C19H16N6O2. The van der Waals surface area contributed by atoms with Crippen LogP contribution < -0.4 is 10.9 Å². The molecule has 0 radical (unpaired) electrons. The van der Waals surface area contributed by atoms with Gasteiger partial charge in [-0.15, -0.1) is 0 Å². The fourth-order valence-corrected chi connectivity index (χ4v) is 2.76. The number of carbonyl (C=O) groups excluding carboxylic acids is 1. The summed E-state index contributed by atoms with van der Waals surface area (Å²) >= 11 is 0. The van der Waals surface area contributed by atoms with Crippen LogP contribution in [0.2, 0.25) is 0 Å². The van der Waals surface area contributed by atoms with Crippen molar-refractivity contribution in [3.8, 4) is 11.4 Å². The number of carbonyl (C=O) groups is 1. The lowest BCUT2D eigenvalue weighted by Crippen LogP contribution is -2.18. The van der Waals surface area contributed by atoms with Gasteiger partial charge in [0.1, 0.15) is 5.82 Å². The number of hydrogen-bond acceptors (Lipinski definition) is 5. The highest BCUT2D eigenvalue weighted by molar-refractivity contribution is 6.06. The molecule has 0 saturated carbocycles. The van der Waals surface area contributed by atoms with Crippen LogP contribution in [0.5, 0.6) is 0 Å². The molecule has 0 fully saturated rings. The standard InChI is InChI=1S/C19H16N6O2/c1-11-21-17(24-23-11)12-4-3-5-14(8-12)22-18(26)13-6-7-15-16(9-13)20-10-25(2)19(15)27/h3-10H,1-2H3,(H,22,26)(H,21,23,24). The number of anilines is 1. The summed E-state index contributed by atoms with van der Waals surface area (Å²) in [7, 11) is 1.64. The van der Waals surface area contributed by atoms with Gasteiger partial charge in [0.25, 0.3) is 11.5 Å². The normalized spacial score (nSPS) is 10.9. The third kappa shape index (κ3) is 3.20. The Morgan fingerprint density at radius 2 is 2.04 bits per heavy atom. The maximum absolute atomic E-state index is 12.6. The van der Waals surface area contributed by atoms with Crippen LogP contribution in [-0.4, -0.2) is 30.6 Å². The van der Waals surface area contributed by atoms with Gasteiger partial charge in [-0.1, -0.05) is 12.1 Å². The lowest BCUT2D eigenvalue weighted by atomic mass is 10.1. The fraction of sp³-hybridized carbons (Fsp3) is 0.105. The molecule has 0 unspecified atom stereocenters. The Balaban J connectivity index is 1.62. The van der Waals surface area contributed by atoms with E-state index in [9.17, 15) is 9.59 Å². The molecule has 8 heteroatoms. The molecule has 0 aliphatic heterocycles. The van der Waals surface area contributed by atoms with E-state index in [1.807, 2.05) is 19.1 Å². The van der Waals surface area contributed by atoms with Gasteiger partial charge in [0.2, 0.25) is 0 Å². The quantitative estimate of drug-likeness (QED) is 0.583. The molecule has 2 aromatic heterocycles. The van der Waals surface area contributed by atoms with Crippen molar-refractivity contribution in [3.63, 3.8) is 0 Å². The predicted molar refractivity (Wildman–Crippen MR) is 101 cm³/mol. The number of hydrogen-bond donors (Lipinski definition) is 2. The highest BCUT2D eigenvalue weighted by Gasteiger charge is 2.11. The smallest absolute Gasteiger partial charge is 0.260 e. The number of rotatable bonds is 3. The number of fused-ring (bicyclic) bond motifs is 1. The first-order chi connectivity index (χ1) is 13.0. The zero-order valence-corrected chi connectivity index (χ0v) is 14.7. The largest absolute Gasteiger partial charge is 0.322 e. The number of nitrogens with zero attached hydrogens (tertiary/aromatic N) is 4. The molecule has 0 atom stereocenters. The van der Waals surface area contributed by atoms with E-state index >= 15 is 0 Å². The summed E-state index contributed by atoms with van der Waals surface area (Å²) in [5, 5.41) is 10.2. The van der Waals surface area contributed by atoms with Crippen molar-refractivity contribution in [2.45, 2.75) is 6.92 Å². The van der Waals surface area contributed by atoms with Crippen LogP contribution in [-0.2, 0) is 7.05 Å². The Morgan fingerprint density at radius 3 is 2.81 bits per heavy atom. The van der Waals surface area contributed by atoms with Crippen molar-refractivity contribution in [2.75, 3.05) is 5.32 Å². The van der Waals surface area contributed by atoms with E-state index in [0.29, 0.717) is 33.8 Å². The summed E-state index contributed by atoms with van der Waals surface area (Å²) in [5.74, 6) is 0.992. The summed E-state index contributed by atoms with van der Waals surface area (Å²) in [4.78, 5) is 33.2. The molecule has 0 bridgehead atoms. The van der Waals surface area contributed by atoms with E-state index in [1.165, 1.54) is 10.9 Å². The number of aryl methyl sites for hydroxylation is 2. The molecule has 2 aromatic carbocycles. The summed E-state index contributed by atoms with van der Waals surface area (Å²) in [6.45, 7) is 1.82. The van der Waals surface area contributed by atoms with Gasteiger partial charge in [0.15, 0.2) is 5.82 Å². The van der Waals surface area contributed by atoms with Crippen LogP contribution >= 0.6 is 0 Å². The van der Waals surface area contributed by atoms with Crippen LogP contribution in [0, 0.1) is 6.92 Å². The van der Waals surface area contributed by atoms with Gasteiger partial charge < -0.3 is 9.88 Å². The molecule has 0 aliphatic rings. The predicted octanol–water partition coefficient (Wildman–Crippen LogP) is 2.28. The van der Waals surface area contributed by atoms with Gasteiger partial charge in [0, 0.05) is 23.9 Å². The van der Waals surface area contributed by atoms with E-state index in [2.05, 4.69) is 25.5 Å². The van der Waals surface area contributed by atoms with Gasteiger partial charge in [-0.3, -0.25) is 14.7 Å². The molecule has 4 rings (SSSR count). The third-order valence-electron chi connectivity index (χ3n) is 4.16. The fourth-order valence-electron chi connectivity index (χ4n) is 2.76. The Kier molecular flexibility index (Phi) is 4.00. The first-order valence-corrected chi connectivity index (χ1v) is 8.27. The van der Waals surface area contributed by atoms with Crippen molar-refractivity contribution in [3.05, 3.63) is 70.5 Å². The van der Waals surface area contributed by atoms with E-state index in [1.54, 1.807) is 37.4 Å². The highest BCUT2D eigenvalue weighted by Crippen LogP contribution is 2.20. The Bertz CT molecular complexity index is 1220. The average Bonchev–Trinajstić information content (AvgIpc) is 3.11. The molecule has 0 aliphatic carbocycles. The van der Waals surface area contributed by atoms with Crippen LogP contribution in [0.1, 0.15) is 16.2 Å². The van der Waals surface area contributed by atoms with Crippen LogP contribution in [0.4, 0.5) is 5.69 Å². The van der Waals surface area contributed by atoms with Crippen molar-refractivity contribution < 1.29 is 4.79 Å². The third-order valence-corrected chi connectivity index (χ3v) is 4.16. The van der Waals surface area contributed by atoms with Gasteiger partial charge in [-0.2, -0.15) is 5.10 Å². The second-order valence-corrected chi connectivity index (χ2v) is 6.17. The summed E-state index contributed by atoms with van der Waals surface area (Å²) in [6.07, 6.45) is 1.44. The maximum atomic E-state index is 12.6. The maximum Gasteiger partial charge on any atom is 0.260 e. The number of aromatic amines is 1. The number of nitrogens with one attached hydrogen (secondary N) is 2. The number of amides is 1. The van der Waals surface area contributed by atoms with Crippen molar-refractivity contribution in [1.82, 2.24) is 24.7 Å². The lowest BCUT2D eigenvalue weighted by molar-refractivity contribution is 0.102. The first-order valence-electron chi connectivity index (χ1n) is 8.27. The molecule has 2 heterocycles. The van der Waals surface area contributed by atoms with E-state index < -0.39 is 0 Å². The van der Waals surface area contributed by atoms with Crippen LogP contribution in [0.25, 0.3) is 22.3 Å². The molecule has 1 amide bonds. The van der Waals surface area contributed by atoms with Gasteiger partial charge in [-0.25, -0.2) is 9.97 Å². The Morgan fingerprint density at radius 1 is 1.19 bits per heavy atom. The number of benzene rings is 2. The van der Waals surface area contributed by atoms with Crippen molar-refractivity contribution in [2.24, 2.45) is 7.05 Å². The first kappa shape index (κ1) is 16.6. The minimum absolute atomic E-state index is 0.151. The lowest BCUT2D eigenvalue weighted by Gasteiger charge is -2.07. The van der Waals surface area contributed by atoms with Crippen LogP contribution in [0.3, 0.4) is 0 Å². The monoisotopic (exact) mass is 360 g/mol. The molecule has 134 valence electrons. The van der Waals surface area contributed by atoms with Crippen molar-refractivity contribution >= 4 is 22.5 Å². The molecule has 27 heavy (non-hydrogen) atoms. The molecule has 0 saturated heterocycles. The minimum Gasteiger partial charge on any atom is -0.322 e. The van der Waals surface area contributed by atoms with E-state index in [4.69, 9.17) is 0 Å². The number of aromatic nitrogens is 5. The SMILES string of the molecule is Cc1nc(-c2cccc(NC(=O)c3ccc4c(=O)n(C)cnc4c3)c2)n[nH]1. The topological polar surface area (TPSA) is 106 Å². The molecule has 8 nitrogen and oxygen atoms in total. The highest BCUT2D eigenvalue weighted by atomic mass is 16.1. The van der Waals surface area contributed by atoms with Gasteiger partial charge >= 0.3 is 0 Å². The van der Waals surface area contributed by atoms with Gasteiger partial charge in [-0.05, 0) is 37.3 Å². The average molecular weight is 360 g/mol. The Labute approximate surface area is 153 Å². The minimum atomic E-state index is -0.289. The second kappa shape index (κ2) is 6.49. The summed E-state index contributed by atoms with van der Waals surface area (Å²) < 4.78 is 1.40. The molecule has 4 aromatic rings. The summed E-state index contributed by atoms with van der Waals surface area (Å²) in [6, 6.07) is 12.1. The molecular weight excluding hydrogens is 344 g/mol. The van der Waals surface area contributed by atoms with E-state index in [0.717, 1.165) is 5.56 Å². The van der Waals surface area contributed by atoms with Crippen molar-refractivity contribution in [1.29, 1.82) is 0 Å². The molecule has 0 spiro atoms. The van der Waals surface area contributed by atoms with Crippen LogP contribution in [0.15, 0.2) is 53.6 Å². The zero-order valence-electron chi connectivity index (χ0n) is 14.7. The Hall–Kier alpha value is -3.81. The summed E-state index contributed by atoms with van der Waals surface area (Å²) in [5.41, 5.74) is 2.16.